The number of anilines is 1. The van der Waals surface area contributed by atoms with Crippen molar-refractivity contribution in [1.82, 2.24) is 0 Å². The van der Waals surface area contributed by atoms with Crippen LogP contribution >= 0.6 is 11.6 Å². The first kappa shape index (κ1) is 15.3. The number of halogens is 5. The van der Waals surface area contributed by atoms with Crippen molar-refractivity contribution in [3.8, 4) is 6.19 Å². The second kappa shape index (κ2) is 5.93. The summed E-state index contributed by atoms with van der Waals surface area (Å²) in [6.07, 6.45) is -1.60. The third-order valence-corrected chi connectivity index (χ3v) is 2.65. The number of nitrogens with zero attached hydrogens (tertiary/aromatic N) is 2. The maximum atomic E-state index is 13.1. The molecule has 0 aliphatic rings. The van der Waals surface area contributed by atoms with Gasteiger partial charge in [0.05, 0.1) is 17.8 Å². The van der Waals surface area contributed by atoms with Crippen LogP contribution in [0.15, 0.2) is 29.3 Å². The summed E-state index contributed by atoms with van der Waals surface area (Å²) in [6, 6.07) is 2.35. The first-order valence-electron chi connectivity index (χ1n) is 5.14. The number of hydrogen-bond acceptors (Lipinski definition) is 2. The molecule has 0 heterocycles. The minimum Gasteiger partial charge on any atom is -0.274 e. The molecule has 0 spiro atoms. The lowest BCUT2D eigenvalue weighted by Crippen LogP contribution is -2.19. The Morgan fingerprint density at radius 2 is 2.11 bits per heavy atom. The molecule has 1 rings (SSSR count). The molecule has 0 aliphatic heterocycles. The van der Waals surface area contributed by atoms with Gasteiger partial charge in [0, 0.05) is 5.03 Å². The van der Waals surface area contributed by atoms with Crippen molar-refractivity contribution in [3.05, 3.63) is 40.7 Å². The van der Waals surface area contributed by atoms with Crippen LogP contribution in [0.25, 0.3) is 0 Å². The molecule has 19 heavy (non-hydrogen) atoms. The first-order valence-corrected chi connectivity index (χ1v) is 5.52. The molecule has 102 valence electrons. The quantitative estimate of drug-likeness (QED) is 0.472. The number of hydrogen-bond donors (Lipinski definition) is 0. The fraction of sp³-hybridized carbons (Fsp3) is 0.250. The summed E-state index contributed by atoms with van der Waals surface area (Å²) >= 11 is 5.72. The largest absolute Gasteiger partial charge is 0.419 e. The summed E-state index contributed by atoms with van der Waals surface area (Å²) < 4.78 is 50.7. The Kier molecular flexibility index (Phi) is 4.78. The molecule has 0 saturated heterocycles. The number of alkyl halides is 3. The number of rotatable bonds is 3. The van der Waals surface area contributed by atoms with Crippen molar-refractivity contribution in [2.24, 2.45) is 0 Å². The topological polar surface area (TPSA) is 27.0 Å². The second-order valence-corrected chi connectivity index (χ2v) is 4.07. The fourth-order valence-corrected chi connectivity index (χ4v) is 1.44. The molecule has 0 fully saturated rings. The lowest BCUT2D eigenvalue weighted by Gasteiger charge is -2.17. The van der Waals surface area contributed by atoms with Crippen LogP contribution in [0.3, 0.4) is 0 Å². The molecule has 1 aromatic rings. The van der Waals surface area contributed by atoms with Gasteiger partial charge in [-0.1, -0.05) is 17.7 Å². The van der Waals surface area contributed by atoms with Gasteiger partial charge in [0.25, 0.3) is 0 Å². The molecule has 0 saturated carbocycles. The highest BCUT2D eigenvalue weighted by Gasteiger charge is 2.34. The Bertz CT molecular complexity index is 532. The Balaban J connectivity index is 3.18. The molecule has 0 amide bonds. The Morgan fingerprint density at radius 1 is 1.47 bits per heavy atom. The average molecular weight is 293 g/mol. The van der Waals surface area contributed by atoms with Crippen molar-refractivity contribution in [1.29, 1.82) is 5.26 Å². The van der Waals surface area contributed by atoms with E-state index >= 15 is 0 Å². The van der Waals surface area contributed by atoms with E-state index in [0.29, 0.717) is 17.2 Å². The van der Waals surface area contributed by atoms with E-state index < -0.39 is 17.6 Å². The minimum atomic E-state index is -4.81. The molecule has 0 radical (unpaired) electrons. The second-order valence-electron chi connectivity index (χ2n) is 3.58. The molecule has 0 unspecified atom stereocenters. The summed E-state index contributed by atoms with van der Waals surface area (Å²) in [5, 5.41) is 9.19. The summed E-state index contributed by atoms with van der Waals surface area (Å²) in [5.41, 5.74) is -1.49. The lowest BCUT2D eigenvalue weighted by atomic mass is 10.1. The molecular weight excluding hydrogens is 284 g/mol. The summed E-state index contributed by atoms with van der Waals surface area (Å²) in [5.74, 6) is -1.38. The standard InChI is InChI=1S/C12H9ClF4N2/c1-2-8(13)6-19(7-18)9-3-4-11(14)10(5-9)12(15,16)17/h2-5H,6H2,1H3/b8-2-. The van der Waals surface area contributed by atoms with E-state index in [-0.39, 0.29) is 12.2 Å². The van der Waals surface area contributed by atoms with Crippen LogP contribution in [0.2, 0.25) is 0 Å². The zero-order valence-electron chi connectivity index (χ0n) is 9.80. The van der Waals surface area contributed by atoms with Gasteiger partial charge in [-0.25, -0.2) is 4.39 Å². The summed E-state index contributed by atoms with van der Waals surface area (Å²) in [6.45, 7) is 1.56. The van der Waals surface area contributed by atoms with Gasteiger partial charge in [-0.2, -0.15) is 18.4 Å². The maximum absolute atomic E-state index is 13.1. The molecule has 0 N–H and O–H groups in total. The molecule has 0 bridgehead atoms. The van der Waals surface area contributed by atoms with Gasteiger partial charge in [-0.3, -0.25) is 4.90 Å². The van der Waals surface area contributed by atoms with E-state index in [1.807, 2.05) is 0 Å². The number of allylic oxidation sites excluding steroid dienone is 1. The third kappa shape index (κ3) is 3.86. The molecule has 0 atom stereocenters. The molecule has 7 heteroatoms. The normalized spacial score (nSPS) is 12.2. The van der Waals surface area contributed by atoms with Gasteiger partial charge in [-0.15, -0.1) is 0 Å². The van der Waals surface area contributed by atoms with Gasteiger partial charge in [0.15, 0.2) is 6.19 Å². The summed E-state index contributed by atoms with van der Waals surface area (Å²) in [7, 11) is 0. The van der Waals surface area contributed by atoms with Crippen molar-refractivity contribution in [2.75, 3.05) is 11.4 Å². The molecular formula is C12H9ClF4N2. The van der Waals surface area contributed by atoms with Crippen LogP contribution in [0.4, 0.5) is 23.2 Å². The highest BCUT2D eigenvalue weighted by molar-refractivity contribution is 6.30. The minimum absolute atomic E-state index is 0.0719. The van der Waals surface area contributed by atoms with Crippen LogP contribution in [0, 0.1) is 17.3 Å². The van der Waals surface area contributed by atoms with Gasteiger partial charge in [0.2, 0.25) is 0 Å². The zero-order chi connectivity index (χ0) is 14.6. The van der Waals surface area contributed by atoms with Crippen LogP contribution in [-0.4, -0.2) is 6.54 Å². The smallest absolute Gasteiger partial charge is 0.274 e. The van der Waals surface area contributed by atoms with E-state index in [9.17, 15) is 17.6 Å². The van der Waals surface area contributed by atoms with Crippen LogP contribution < -0.4 is 4.90 Å². The molecule has 0 aliphatic carbocycles. The fourth-order valence-electron chi connectivity index (χ4n) is 1.33. The van der Waals surface area contributed by atoms with E-state index in [1.165, 1.54) is 6.08 Å². The van der Waals surface area contributed by atoms with Crippen molar-refractivity contribution in [3.63, 3.8) is 0 Å². The van der Waals surface area contributed by atoms with Gasteiger partial charge in [0.1, 0.15) is 5.82 Å². The van der Waals surface area contributed by atoms with Crippen LogP contribution in [0.5, 0.6) is 0 Å². The SMILES string of the molecule is C/C=C(\Cl)CN(C#N)c1ccc(F)c(C(F)(F)F)c1. The molecule has 1 aromatic carbocycles. The molecule has 2 nitrogen and oxygen atoms in total. The Hall–Kier alpha value is -1.74. The number of nitriles is 1. The van der Waals surface area contributed by atoms with E-state index in [1.54, 1.807) is 13.1 Å². The third-order valence-electron chi connectivity index (χ3n) is 2.31. The van der Waals surface area contributed by atoms with E-state index in [2.05, 4.69) is 0 Å². The Labute approximate surface area is 112 Å². The van der Waals surface area contributed by atoms with E-state index in [0.717, 1.165) is 11.0 Å². The van der Waals surface area contributed by atoms with Gasteiger partial charge < -0.3 is 0 Å². The zero-order valence-corrected chi connectivity index (χ0v) is 10.6. The van der Waals surface area contributed by atoms with Crippen LogP contribution in [-0.2, 0) is 6.18 Å². The maximum Gasteiger partial charge on any atom is 0.419 e. The van der Waals surface area contributed by atoms with Gasteiger partial charge in [-0.05, 0) is 25.1 Å². The average Bonchev–Trinajstić information content (AvgIpc) is 2.35. The predicted octanol–water partition coefficient (Wildman–Crippen LogP) is 4.27. The van der Waals surface area contributed by atoms with Crippen molar-refractivity contribution in [2.45, 2.75) is 13.1 Å². The highest BCUT2D eigenvalue weighted by atomic mass is 35.5. The van der Waals surface area contributed by atoms with E-state index in [4.69, 9.17) is 16.9 Å². The number of benzene rings is 1. The van der Waals surface area contributed by atoms with Crippen molar-refractivity contribution < 1.29 is 17.6 Å². The predicted molar refractivity (Wildman–Crippen MR) is 64.0 cm³/mol. The first-order chi connectivity index (χ1) is 8.79. The molecule has 0 aromatic heterocycles. The van der Waals surface area contributed by atoms with Gasteiger partial charge >= 0.3 is 6.18 Å². The lowest BCUT2D eigenvalue weighted by molar-refractivity contribution is -0.139. The Morgan fingerprint density at radius 3 is 2.58 bits per heavy atom. The summed E-state index contributed by atoms with van der Waals surface area (Å²) in [4.78, 5) is 0.941. The van der Waals surface area contributed by atoms with Crippen molar-refractivity contribution >= 4 is 17.3 Å². The highest BCUT2D eigenvalue weighted by Crippen LogP contribution is 2.34. The monoisotopic (exact) mass is 292 g/mol. The van der Waals surface area contributed by atoms with Crippen LogP contribution in [0.1, 0.15) is 12.5 Å².